The zero-order valence-corrected chi connectivity index (χ0v) is 12.1. The normalized spacial score (nSPS) is 16.5. The molecule has 19 heavy (non-hydrogen) atoms. The number of rotatable bonds is 3. The third kappa shape index (κ3) is 3.69. The lowest BCUT2D eigenvalue weighted by atomic mass is 9.96. The summed E-state index contributed by atoms with van der Waals surface area (Å²) >= 11 is 0. The fourth-order valence-electron chi connectivity index (χ4n) is 2.62. The summed E-state index contributed by atoms with van der Waals surface area (Å²) in [5.74, 6) is 0.792. The summed E-state index contributed by atoms with van der Waals surface area (Å²) < 4.78 is 0. The molecule has 2 rings (SSSR count). The first-order valence-corrected chi connectivity index (χ1v) is 6.95. The first-order valence-electron chi connectivity index (χ1n) is 6.95. The van der Waals surface area contributed by atoms with Gasteiger partial charge in [0.15, 0.2) is 0 Å². The van der Waals surface area contributed by atoms with Crippen molar-refractivity contribution in [1.29, 1.82) is 0 Å². The lowest BCUT2D eigenvalue weighted by Crippen LogP contribution is -2.38. The van der Waals surface area contributed by atoms with Gasteiger partial charge in [-0.15, -0.1) is 0 Å². The van der Waals surface area contributed by atoms with Crippen LogP contribution in [-0.4, -0.2) is 42.5 Å². The van der Waals surface area contributed by atoms with Gasteiger partial charge in [-0.05, 0) is 37.8 Å². The molecule has 0 N–H and O–H groups in total. The van der Waals surface area contributed by atoms with Gasteiger partial charge in [-0.3, -0.25) is 9.78 Å². The van der Waals surface area contributed by atoms with Gasteiger partial charge in [0.05, 0.1) is 0 Å². The van der Waals surface area contributed by atoms with Crippen LogP contribution >= 0.6 is 0 Å². The number of piperidine rings is 1. The highest BCUT2D eigenvalue weighted by Crippen LogP contribution is 2.23. The van der Waals surface area contributed by atoms with Gasteiger partial charge in [-0.2, -0.15) is 0 Å². The molecule has 0 atom stereocenters. The van der Waals surface area contributed by atoms with Crippen molar-refractivity contribution in [3.63, 3.8) is 0 Å². The molecule has 0 aromatic carbocycles. The van der Waals surface area contributed by atoms with E-state index in [1.165, 1.54) is 5.69 Å². The fourth-order valence-corrected chi connectivity index (χ4v) is 2.62. The molecule has 4 nitrogen and oxygen atoms in total. The van der Waals surface area contributed by atoms with E-state index in [0.29, 0.717) is 5.92 Å². The van der Waals surface area contributed by atoms with Crippen LogP contribution in [0.1, 0.15) is 25.5 Å². The standard InChI is InChI=1S/C15H23N3O/c1-12-10-15(4-7-16-12)18-8-5-14(6-9-18)11-17(3)13(2)19/h4,7,10,14H,5-6,8-9,11H2,1-3H3. The molecule has 1 aliphatic rings. The second-order valence-electron chi connectivity index (χ2n) is 5.49. The van der Waals surface area contributed by atoms with Crippen molar-refractivity contribution in [1.82, 2.24) is 9.88 Å². The fraction of sp³-hybridized carbons (Fsp3) is 0.600. The van der Waals surface area contributed by atoms with Crippen LogP contribution in [0.15, 0.2) is 18.3 Å². The zero-order valence-electron chi connectivity index (χ0n) is 12.1. The molecule has 0 bridgehead atoms. The lowest BCUT2D eigenvalue weighted by molar-refractivity contribution is -0.128. The number of amides is 1. The van der Waals surface area contributed by atoms with E-state index in [9.17, 15) is 4.79 Å². The summed E-state index contributed by atoms with van der Waals surface area (Å²) in [5, 5.41) is 0. The number of carbonyl (C=O) groups is 1. The third-order valence-corrected chi connectivity index (χ3v) is 3.93. The minimum absolute atomic E-state index is 0.159. The Kier molecular flexibility index (Phi) is 4.40. The molecule has 1 aromatic rings. The van der Waals surface area contributed by atoms with Crippen LogP contribution in [0.4, 0.5) is 5.69 Å². The molecule has 0 unspecified atom stereocenters. The first-order chi connectivity index (χ1) is 9.06. The molecular formula is C15H23N3O. The van der Waals surface area contributed by atoms with Gasteiger partial charge in [0.25, 0.3) is 0 Å². The molecule has 1 aromatic heterocycles. The van der Waals surface area contributed by atoms with E-state index in [-0.39, 0.29) is 5.91 Å². The van der Waals surface area contributed by atoms with E-state index in [0.717, 1.165) is 38.2 Å². The molecule has 1 aliphatic heterocycles. The Morgan fingerprint density at radius 2 is 2.16 bits per heavy atom. The number of aryl methyl sites for hydroxylation is 1. The number of nitrogens with zero attached hydrogens (tertiary/aromatic N) is 3. The smallest absolute Gasteiger partial charge is 0.219 e. The summed E-state index contributed by atoms with van der Waals surface area (Å²) in [4.78, 5) is 19.7. The molecule has 1 fully saturated rings. The van der Waals surface area contributed by atoms with Crippen LogP contribution in [0.5, 0.6) is 0 Å². The predicted molar refractivity (Wildman–Crippen MR) is 77.2 cm³/mol. The van der Waals surface area contributed by atoms with Crippen LogP contribution in [0.25, 0.3) is 0 Å². The largest absolute Gasteiger partial charge is 0.371 e. The summed E-state index contributed by atoms with van der Waals surface area (Å²) in [5.41, 5.74) is 2.34. The molecule has 0 radical (unpaired) electrons. The van der Waals surface area contributed by atoms with Crippen LogP contribution in [0.3, 0.4) is 0 Å². The van der Waals surface area contributed by atoms with Crippen molar-refractivity contribution in [2.75, 3.05) is 31.6 Å². The molecule has 1 amide bonds. The van der Waals surface area contributed by atoms with Gasteiger partial charge in [-0.1, -0.05) is 0 Å². The summed E-state index contributed by atoms with van der Waals surface area (Å²) in [7, 11) is 1.89. The second kappa shape index (κ2) is 6.04. The lowest BCUT2D eigenvalue weighted by Gasteiger charge is -2.35. The topological polar surface area (TPSA) is 36.4 Å². The third-order valence-electron chi connectivity index (χ3n) is 3.93. The molecule has 0 saturated carbocycles. The average molecular weight is 261 g/mol. The van der Waals surface area contributed by atoms with Gasteiger partial charge in [0.2, 0.25) is 5.91 Å². The first kappa shape index (κ1) is 13.8. The Morgan fingerprint density at radius 1 is 1.47 bits per heavy atom. The van der Waals surface area contributed by atoms with Gasteiger partial charge >= 0.3 is 0 Å². The molecule has 2 heterocycles. The van der Waals surface area contributed by atoms with Crippen molar-refractivity contribution in [2.45, 2.75) is 26.7 Å². The Hall–Kier alpha value is -1.58. The van der Waals surface area contributed by atoms with Gasteiger partial charge < -0.3 is 9.80 Å². The highest BCUT2D eigenvalue weighted by atomic mass is 16.2. The van der Waals surface area contributed by atoms with Crippen molar-refractivity contribution < 1.29 is 4.79 Å². The van der Waals surface area contributed by atoms with Gasteiger partial charge in [-0.25, -0.2) is 0 Å². The number of hydrogen-bond donors (Lipinski definition) is 0. The number of aromatic nitrogens is 1. The van der Waals surface area contributed by atoms with Crippen molar-refractivity contribution >= 4 is 11.6 Å². The highest BCUT2D eigenvalue weighted by Gasteiger charge is 2.21. The maximum absolute atomic E-state index is 11.2. The molecular weight excluding hydrogens is 238 g/mol. The molecule has 0 spiro atoms. The summed E-state index contributed by atoms with van der Waals surface area (Å²) in [6.07, 6.45) is 4.18. The van der Waals surface area contributed by atoms with E-state index in [2.05, 4.69) is 22.0 Å². The Morgan fingerprint density at radius 3 is 2.74 bits per heavy atom. The van der Waals surface area contributed by atoms with Crippen molar-refractivity contribution in [3.05, 3.63) is 24.0 Å². The zero-order chi connectivity index (χ0) is 13.8. The molecule has 0 aliphatic carbocycles. The number of anilines is 1. The SMILES string of the molecule is CC(=O)N(C)CC1CCN(c2ccnc(C)c2)CC1. The quantitative estimate of drug-likeness (QED) is 0.836. The van der Waals surface area contributed by atoms with Gasteiger partial charge in [0.1, 0.15) is 0 Å². The van der Waals surface area contributed by atoms with E-state index in [1.54, 1.807) is 6.92 Å². The van der Waals surface area contributed by atoms with Gasteiger partial charge in [0, 0.05) is 51.2 Å². The Bertz CT molecular complexity index is 439. The second-order valence-corrected chi connectivity index (χ2v) is 5.49. The van der Waals surface area contributed by atoms with Crippen LogP contribution in [0.2, 0.25) is 0 Å². The Labute approximate surface area is 115 Å². The molecule has 4 heteroatoms. The predicted octanol–water partition coefficient (Wildman–Crippen LogP) is 2.08. The van der Waals surface area contributed by atoms with Crippen LogP contribution < -0.4 is 4.90 Å². The minimum Gasteiger partial charge on any atom is -0.371 e. The number of hydrogen-bond acceptors (Lipinski definition) is 3. The number of carbonyl (C=O) groups excluding carboxylic acids is 1. The van der Waals surface area contributed by atoms with E-state index in [1.807, 2.05) is 25.1 Å². The average Bonchev–Trinajstić information content (AvgIpc) is 2.39. The van der Waals surface area contributed by atoms with E-state index >= 15 is 0 Å². The summed E-state index contributed by atoms with van der Waals surface area (Å²) in [6, 6.07) is 4.22. The van der Waals surface area contributed by atoms with E-state index in [4.69, 9.17) is 0 Å². The highest BCUT2D eigenvalue weighted by molar-refractivity contribution is 5.72. The van der Waals surface area contributed by atoms with Crippen molar-refractivity contribution in [2.24, 2.45) is 5.92 Å². The number of pyridine rings is 1. The monoisotopic (exact) mass is 261 g/mol. The maximum atomic E-state index is 11.2. The van der Waals surface area contributed by atoms with Crippen LogP contribution in [-0.2, 0) is 4.79 Å². The van der Waals surface area contributed by atoms with Crippen molar-refractivity contribution in [3.8, 4) is 0 Å². The van der Waals surface area contributed by atoms with E-state index < -0.39 is 0 Å². The maximum Gasteiger partial charge on any atom is 0.219 e. The Balaban J connectivity index is 1.87. The minimum atomic E-state index is 0.159. The molecule has 1 saturated heterocycles. The molecule has 104 valence electrons. The summed E-state index contributed by atoms with van der Waals surface area (Å²) in [6.45, 7) is 6.69. The van der Waals surface area contributed by atoms with Crippen LogP contribution in [0, 0.1) is 12.8 Å².